The van der Waals surface area contributed by atoms with E-state index in [2.05, 4.69) is 11.8 Å². The van der Waals surface area contributed by atoms with Crippen molar-refractivity contribution in [2.24, 2.45) is 0 Å². The van der Waals surface area contributed by atoms with Gasteiger partial charge in [0.25, 0.3) is 0 Å². The van der Waals surface area contributed by atoms with E-state index in [1.165, 1.54) is 17.4 Å². The molecule has 1 aromatic rings. The lowest BCUT2D eigenvalue weighted by Crippen LogP contribution is -2.36. The first kappa shape index (κ1) is 13.6. The van der Waals surface area contributed by atoms with Crippen molar-refractivity contribution in [3.05, 3.63) is 21.1 Å². The molecule has 1 aliphatic rings. The maximum absolute atomic E-state index is 11.1. The van der Waals surface area contributed by atoms with Crippen LogP contribution in [0.2, 0.25) is 0 Å². The third-order valence-corrected chi connectivity index (χ3v) is 5.34. The Hall–Kier alpha value is -0.790. The number of hydrogen-bond donors (Lipinski definition) is 1. The number of hydrogen-bond acceptors (Lipinski definition) is 6. The molecule has 18 heavy (non-hydrogen) atoms. The average molecular weight is 288 g/mol. The van der Waals surface area contributed by atoms with E-state index in [1.807, 2.05) is 11.8 Å². The van der Waals surface area contributed by atoms with E-state index in [-0.39, 0.29) is 10.6 Å². The van der Waals surface area contributed by atoms with E-state index in [1.54, 1.807) is 6.92 Å². The smallest absolute Gasteiger partial charge is 0.304 e. The summed E-state index contributed by atoms with van der Waals surface area (Å²) in [4.78, 5) is 13.4. The largest absolute Gasteiger partial charge is 0.388 e. The van der Waals surface area contributed by atoms with Crippen LogP contribution in [0.1, 0.15) is 24.8 Å². The van der Waals surface area contributed by atoms with Gasteiger partial charge < -0.3 is 10.0 Å². The predicted octanol–water partition coefficient (Wildman–Crippen LogP) is 2.65. The van der Waals surface area contributed by atoms with Gasteiger partial charge in [-0.25, -0.2) is 0 Å². The summed E-state index contributed by atoms with van der Waals surface area (Å²) in [5, 5.41) is 21.8. The molecule has 0 saturated carbocycles. The van der Waals surface area contributed by atoms with Gasteiger partial charge in [0.2, 0.25) is 0 Å². The summed E-state index contributed by atoms with van der Waals surface area (Å²) in [7, 11) is 0. The third kappa shape index (κ3) is 2.78. The standard InChI is InChI=1S/C11H16N2O3S2/c1-7-6-12(3-4-17-7)11-9(13(15)16)5-10(18-11)8(2)14/h5,7-8,14H,3-4,6H2,1-2H3. The molecule has 0 radical (unpaired) electrons. The molecule has 0 bridgehead atoms. The number of aliphatic hydroxyl groups is 1. The molecule has 2 unspecified atom stereocenters. The maximum atomic E-state index is 11.1. The fourth-order valence-corrected chi connectivity index (χ4v) is 4.07. The van der Waals surface area contributed by atoms with Crippen LogP contribution in [-0.4, -0.2) is 34.1 Å². The van der Waals surface area contributed by atoms with Gasteiger partial charge in [-0.15, -0.1) is 11.3 Å². The number of nitrogens with zero attached hydrogens (tertiary/aromatic N) is 2. The minimum absolute atomic E-state index is 0.120. The summed E-state index contributed by atoms with van der Waals surface area (Å²) in [6.45, 7) is 5.42. The van der Waals surface area contributed by atoms with Gasteiger partial charge in [0.1, 0.15) is 0 Å². The number of thiophene rings is 1. The van der Waals surface area contributed by atoms with Gasteiger partial charge in [-0.3, -0.25) is 10.1 Å². The van der Waals surface area contributed by atoms with E-state index in [0.717, 1.165) is 18.8 Å². The normalized spacial score (nSPS) is 21.9. The van der Waals surface area contributed by atoms with Crippen molar-refractivity contribution in [3.63, 3.8) is 0 Å². The lowest BCUT2D eigenvalue weighted by Gasteiger charge is -2.30. The zero-order valence-corrected chi connectivity index (χ0v) is 12.0. The predicted molar refractivity (Wildman–Crippen MR) is 75.7 cm³/mol. The van der Waals surface area contributed by atoms with Crippen LogP contribution in [0.5, 0.6) is 0 Å². The zero-order chi connectivity index (χ0) is 13.3. The van der Waals surface area contributed by atoms with Gasteiger partial charge in [-0.1, -0.05) is 6.92 Å². The number of anilines is 1. The Morgan fingerprint density at radius 2 is 2.39 bits per heavy atom. The molecular formula is C11H16N2O3S2. The topological polar surface area (TPSA) is 66.6 Å². The van der Waals surface area contributed by atoms with E-state index in [4.69, 9.17) is 0 Å². The summed E-state index contributed by atoms with van der Waals surface area (Å²) < 4.78 is 0. The molecule has 100 valence electrons. The van der Waals surface area contributed by atoms with Crippen molar-refractivity contribution in [2.45, 2.75) is 25.2 Å². The molecule has 5 nitrogen and oxygen atoms in total. The van der Waals surface area contributed by atoms with Crippen molar-refractivity contribution in [3.8, 4) is 0 Å². The highest BCUT2D eigenvalue weighted by molar-refractivity contribution is 8.00. The molecule has 2 heterocycles. The van der Waals surface area contributed by atoms with Gasteiger partial charge in [0.05, 0.1) is 11.0 Å². The Morgan fingerprint density at radius 3 is 2.94 bits per heavy atom. The molecule has 1 aliphatic heterocycles. The number of thioether (sulfide) groups is 1. The van der Waals surface area contributed by atoms with Crippen LogP contribution in [0.25, 0.3) is 0 Å². The fourth-order valence-electron chi connectivity index (χ4n) is 1.96. The van der Waals surface area contributed by atoms with Crippen LogP contribution >= 0.6 is 23.1 Å². The average Bonchev–Trinajstić information content (AvgIpc) is 2.73. The molecule has 0 aromatic carbocycles. The van der Waals surface area contributed by atoms with E-state index < -0.39 is 6.10 Å². The zero-order valence-electron chi connectivity index (χ0n) is 10.3. The van der Waals surface area contributed by atoms with E-state index in [9.17, 15) is 15.2 Å². The van der Waals surface area contributed by atoms with Crippen molar-refractivity contribution in [1.82, 2.24) is 0 Å². The fraction of sp³-hybridized carbons (Fsp3) is 0.636. The molecule has 0 aliphatic carbocycles. The van der Waals surface area contributed by atoms with Crippen LogP contribution in [-0.2, 0) is 0 Å². The summed E-state index contributed by atoms with van der Waals surface area (Å²) in [5.74, 6) is 0.986. The summed E-state index contributed by atoms with van der Waals surface area (Å²) in [5.41, 5.74) is 0.120. The monoisotopic (exact) mass is 288 g/mol. The number of nitro groups is 1. The maximum Gasteiger partial charge on any atom is 0.304 e. The molecule has 2 rings (SSSR count). The van der Waals surface area contributed by atoms with E-state index >= 15 is 0 Å². The molecule has 1 aromatic heterocycles. The molecule has 0 amide bonds. The summed E-state index contributed by atoms with van der Waals surface area (Å²) >= 11 is 3.22. The molecule has 0 spiro atoms. The van der Waals surface area contributed by atoms with Crippen molar-refractivity contribution in [2.75, 3.05) is 23.7 Å². The lowest BCUT2D eigenvalue weighted by atomic mass is 10.3. The van der Waals surface area contributed by atoms with Gasteiger partial charge in [-0.05, 0) is 6.92 Å². The molecular weight excluding hydrogens is 272 g/mol. The van der Waals surface area contributed by atoms with Gasteiger partial charge in [0.15, 0.2) is 5.00 Å². The lowest BCUT2D eigenvalue weighted by molar-refractivity contribution is -0.383. The quantitative estimate of drug-likeness (QED) is 0.684. The molecule has 2 atom stereocenters. The Balaban J connectivity index is 2.32. The summed E-state index contributed by atoms with van der Waals surface area (Å²) in [6, 6.07) is 1.50. The summed E-state index contributed by atoms with van der Waals surface area (Å²) in [6.07, 6.45) is -0.654. The molecule has 1 saturated heterocycles. The molecule has 7 heteroatoms. The molecule has 1 fully saturated rings. The van der Waals surface area contributed by atoms with Gasteiger partial charge >= 0.3 is 5.69 Å². The van der Waals surface area contributed by atoms with Crippen molar-refractivity contribution < 1.29 is 10.0 Å². The first-order valence-corrected chi connectivity index (χ1v) is 7.68. The Bertz CT molecular complexity index is 447. The second-order valence-electron chi connectivity index (χ2n) is 4.40. The Labute approximate surface area is 114 Å². The highest BCUT2D eigenvalue weighted by atomic mass is 32.2. The number of aliphatic hydroxyl groups excluding tert-OH is 1. The Morgan fingerprint density at radius 1 is 1.67 bits per heavy atom. The van der Waals surface area contributed by atoms with Crippen molar-refractivity contribution >= 4 is 33.8 Å². The highest BCUT2D eigenvalue weighted by Crippen LogP contribution is 2.41. The van der Waals surface area contributed by atoms with Crippen LogP contribution in [0.4, 0.5) is 10.7 Å². The first-order valence-electron chi connectivity index (χ1n) is 5.81. The van der Waals surface area contributed by atoms with Gasteiger partial charge in [0, 0.05) is 35.0 Å². The van der Waals surface area contributed by atoms with Crippen molar-refractivity contribution in [1.29, 1.82) is 0 Å². The highest BCUT2D eigenvalue weighted by Gasteiger charge is 2.28. The van der Waals surface area contributed by atoms with Crippen LogP contribution in [0.15, 0.2) is 6.07 Å². The molecule has 1 N–H and O–H groups in total. The minimum Gasteiger partial charge on any atom is -0.388 e. The Kier molecular flexibility index (Phi) is 4.14. The van der Waals surface area contributed by atoms with Crippen LogP contribution < -0.4 is 4.90 Å². The second kappa shape index (κ2) is 5.46. The first-order chi connectivity index (χ1) is 8.49. The van der Waals surface area contributed by atoms with Gasteiger partial charge in [-0.2, -0.15) is 11.8 Å². The third-order valence-electron chi connectivity index (χ3n) is 2.85. The minimum atomic E-state index is -0.654. The second-order valence-corrected chi connectivity index (χ2v) is 7.01. The van der Waals surface area contributed by atoms with Crippen LogP contribution in [0, 0.1) is 10.1 Å². The SMILES string of the molecule is CC1CN(c2sc(C(C)O)cc2[N+](=O)[O-])CCS1. The van der Waals surface area contributed by atoms with E-state index in [0.29, 0.717) is 15.1 Å². The van der Waals surface area contributed by atoms with Crippen LogP contribution in [0.3, 0.4) is 0 Å². The number of rotatable bonds is 3.